The molecule has 0 N–H and O–H groups in total. The minimum atomic E-state index is -2.96. The lowest BCUT2D eigenvalue weighted by atomic mass is 9.93. The number of carbonyl (C=O) groups excluding carboxylic acids is 1. The van der Waals surface area contributed by atoms with Gasteiger partial charge in [0.1, 0.15) is 0 Å². The molecule has 1 amide bonds. The van der Waals surface area contributed by atoms with Gasteiger partial charge in [-0.3, -0.25) is 9.78 Å². The van der Waals surface area contributed by atoms with E-state index in [-0.39, 0.29) is 23.2 Å². The van der Waals surface area contributed by atoms with Crippen LogP contribution in [0.5, 0.6) is 5.75 Å². The Balaban J connectivity index is 1.52. The quantitative estimate of drug-likeness (QED) is 0.354. The molecule has 2 aromatic carbocycles. The summed E-state index contributed by atoms with van der Waals surface area (Å²) >= 11 is 3.42. The van der Waals surface area contributed by atoms with Gasteiger partial charge in [0.05, 0.1) is 6.20 Å². The molecule has 158 valence electrons. The number of rotatable bonds is 5. The Kier molecular flexibility index (Phi) is 5.09. The first-order valence-corrected chi connectivity index (χ1v) is 10.5. The fraction of sp³-hybridized carbons (Fsp3) is 0.217. The second-order valence-electron chi connectivity index (χ2n) is 7.51. The van der Waals surface area contributed by atoms with Crippen molar-refractivity contribution in [3.8, 4) is 5.75 Å². The van der Waals surface area contributed by atoms with E-state index in [9.17, 15) is 13.6 Å². The van der Waals surface area contributed by atoms with Gasteiger partial charge in [-0.05, 0) is 35.4 Å². The van der Waals surface area contributed by atoms with Crippen LogP contribution in [0.3, 0.4) is 0 Å². The van der Waals surface area contributed by atoms with Crippen LogP contribution in [-0.4, -0.2) is 28.9 Å². The zero-order valence-electron chi connectivity index (χ0n) is 16.2. The van der Waals surface area contributed by atoms with Gasteiger partial charge >= 0.3 is 6.61 Å². The van der Waals surface area contributed by atoms with E-state index in [1.165, 1.54) is 6.07 Å². The minimum Gasteiger partial charge on any atom is -0.451 e. The third kappa shape index (κ3) is 3.76. The SMILES string of the molecule is O=C1CC(c2ccc(OC(F)F)c3oc4cnccc4c23)CN1Cc1ccc(Br)cc1. The molecule has 1 fully saturated rings. The Labute approximate surface area is 184 Å². The summed E-state index contributed by atoms with van der Waals surface area (Å²) in [5.41, 5.74) is 2.66. The molecule has 0 spiro atoms. The number of likely N-dealkylation sites (tertiary alicyclic amines) is 1. The second kappa shape index (κ2) is 7.92. The van der Waals surface area contributed by atoms with Crippen LogP contribution in [0.25, 0.3) is 21.9 Å². The van der Waals surface area contributed by atoms with Crippen molar-refractivity contribution in [2.45, 2.75) is 25.5 Å². The van der Waals surface area contributed by atoms with Crippen LogP contribution in [-0.2, 0) is 11.3 Å². The standard InChI is InChI=1S/C23H17BrF2N2O3/c24-15-3-1-13(2-4-15)11-28-12-14(9-20(28)29)16-5-6-18(31-23(25)26)22-21(16)17-7-8-27-10-19(17)30-22/h1-8,10,14,23H,9,11-12H2. The number of benzene rings is 2. The predicted octanol–water partition coefficient (Wildman–Crippen LogP) is 5.86. The van der Waals surface area contributed by atoms with Crippen molar-refractivity contribution < 1.29 is 22.7 Å². The number of carbonyl (C=O) groups is 1. The number of amides is 1. The molecule has 0 aliphatic carbocycles. The lowest BCUT2D eigenvalue weighted by Crippen LogP contribution is -2.24. The highest BCUT2D eigenvalue weighted by Crippen LogP contribution is 2.42. The van der Waals surface area contributed by atoms with E-state index in [0.29, 0.717) is 30.5 Å². The highest BCUT2D eigenvalue weighted by Gasteiger charge is 2.33. The Morgan fingerprint density at radius 1 is 1.19 bits per heavy atom. The highest BCUT2D eigenvalue weighted by molar-refractivity contribution is 9.10. The molecule has 3 heterocycles. The summed E-state index contributed by atoms with van der Waals surface area (Å²) in [5.74, 6) is -0.0514. The van der Waals surface area contributed by atoms with Gasteiger partial charge in [0.15, 0.2) is 16.9 Å². The van der Waals surface area contributed by atoms with Crippen molar-refractivity contribution in [3.05, 3.63) is 70.5 Å². The zero-order chi connectivity index (χ0) is 21.5. The molecule has 31 heavy (non-hydrogen) atoms. The van der Waals surface area contributed by atoms with Crippen LogP contribution in [0.15, 0.2) is 63.7 Å². The first kappa shape index (κ1) is 19.9. The zero-order valence-corrected chi connectivity index (χ0v) is 17.8. The van der Waals surface area contributed by atoms with Crippen molar-refractivity contribution in [1.82, 2.24) is 9.88 Å². The van der Waals surface area contributed by atoms with Crippen molar-refractivity contribution in [1.29, 1.82) is 0 Å². The van der Waals surface area contributed by atoms with Crippen molar-refractivity contribution in [3.63, 3.8) is 0 Å². The van der Waals surface area contributed by atoms with Crippen molar-refractivity contribution >= 4 is 43.8 Å². The van der Waals surface area contributed by atoms with E-state index in [2.05, 4.69) is 25.7 Å². The molecular formula is C23H17BrF2N2O3. The Morgan fingerprint density at radius 3 is 2.77 bits per heavy atom. The van der Waals surface area contributed by atoms with Gasteiger partial charge in [-0.25, -0.2) is 0 Å². The number of furan rings is 1. The monoisotopic (exact) mass is 486 g/mol. The lowest BCUT2D eigenvalue weighted by Gasteiger charge is -2.18. The third-order valence-corrected chi connectivity index (χ3v) is 6.11. The number of aromatic nitrogens is 1. The van der Waals surface area contributed by atoms with Crippen molar-refractivity contribution in [2.75, 3.05) is 6.54 Å². The summed E-state index contributed by atoms with van der Waals surface area (Å²) < 4.78 is 37.3. The molecule has 2 aromatic heterocycles. The van der Waals surface area contributed by atoms with Crippen LogP contribution in [0.1, 0.15) is 23.5 Å². The number of alkyl halides is 2. The van der Waals surface area contributed by atoms with Gasteiger partial charge < -0.3 is 14.1 Å². The topological polar surface area (TPSA) is 55.6 Å². The molecule has 1 atom stereocenters. The molecule has 1 saturated heterocycles. The van der Waals surface area contributed by atoms with Crippen LogP contribution in [0.2, 0.25) is 0 Å². The molecule has 8 heteroatoms. The largest absolute Gasteiger partial charge is 0.451 e. The number of nitrogens with zero attached hydrogens (tertiary/aromatic N) is 2. The summed E-state index contributed by atoms with van der Waals surface area (Å²) in [6.07, 6.45) is 3.52. The molecule has 5 rings (SSSR count). The first-order valence-electron chi connectivity index (χ1n) is 9.76. The second-order valence-corrected chi connectivity index (χ2v) is 8.43. The molecule has 1 unspecified atom stereocenters. The van der Waals surface area contributed by atoms with Crippen molar-refractivity contribution in [2.24, 2.45) is 0 Å². The van der Waals surface area contributed by atoms with Gasteiger partial charge in [-0.2, -0.15) is 8.78 Å². The maximum Gasteiger partial charge on any atom is 0.387 e. The van der Waals surface area contributed by atoms with Crippen LogP contribution >= 0.6 is 15.9 Å². The first-order chi connectivity index (χ1) is 15.0. The number of hydrogen-bond acceptors (Lipinski definition) is 4. The van der Waals surface area contributed by atoms with E-state index < -0.39 is 6.61 Å². The number of halogens is 3. The summed E-state index contributed by atoms with van der Waals surface area (Å²) in [5, 5.41) is 1.46. The molecule has 0 radical (unpaired) electrons. The molecule has 0 saturated carbocycles. The maximum absolute atomic E-state index is 12.9. The number of fused-ring (bicyclic) bond motifs is 3. The molecule has 1 aliphatic heterocycles. The van der Waals surface area contributed by atoms with Gasteiger partial charge in [0.2, 0.25) is 5.91 Å². The molecular weight excluding hydrogens is 470 g/mol. The fourth-order valence-electron chi connectivity index (χ4n) is 4.21. The highest BCUT2D eigenvalue weighted by atomic mass is 79.9. The van der Waals surface area contributed by atoms with Gasteiger partial charge in [-0.1, -0.05) is 34.1 Å². The summed E-state index contributed by atoms with van der Waals surface area (Å²) in [6, 6.07) is 12.9. The van der Waals surface area contributed by atoms with Gasteiger partial charge in [0.25, 0.3) is 0 Å². The molecule has 0 bridgehead atoms. The lowest BCUT2D eigenvalue weighted by molar-refractivity contribution is -0.128. The number of ether oxygens (including phenoxy) is 1. The van der Waals surface area contributed by atoms with E-state index in [1.807, 2.05) is 29.2 Å². The van der Waals surface area contributed by atoms with Crippen LogP contribution < -0.4 is 4.74 Å². The maximum atomic E-state index is 12.9. The van der Waals surface area contributed by atoms with Crippen LogP contribution in [0.4, 0.5) is 8.78 Å². The summed E-state index contributed by atoms with van der Waals surface area (Å²) in [6.45, 7) is -1.90. The van der Waals surface area contributed by atoms with E-state index in [1.54, 1.807) is 24.5 Å². The molecule has 4 aromatic rings. The predicted molar refractivity (Wildman–Crippen MR) is 115 cm³/mol. The number of pyridine rings is 1. The molecule has 5 nitrogen and oxygen atoms in total. The summed E-state index contributed by atoms with van der Waals surface area (Å²) in [7, 11) is 0. The van der Waals surface area contributed by atoms with Gasteiger partial charge in [-0.15, -0.1) is 0 Å². The minimum absolute atomic E-state index is 0.0269. The normalized spacial score (nSPS) is 16.7. The average Bonchev–Trinajstić information content (AvgIpc) is 3.31. The van der Waals surface area contributed by atoms with Crippen LogP contribution in [0, 0.1) is 0 Å². The Hall–Kier alpha value is -3.00. The Morgan fingerprint density at radius 2 is 2.00 bits per heavy atom. The van der Waals surface area contributed by atoms with E-state index >= 15 is 0 Å². The van der Waals surface area contributed by atoms with E-state index in [0.717, 1.165) is 21.0 Å². The number of hydrogen-bond donors (Lipinski definition) is 0. The third-order valence-electron chi connectivity index (χ3n) is 5.58. The summed E-state index contributed by atoms with van der Waals surface area (Å²) in [4.78, 5) is 18.6. The fourth-order valence-corrected chi connectivity index (χ4v) is 4.47. The van der Waals surface area contributed by atoms with Gasteiger partial charge in [0, 0.05) is 46.9 Å². The Bertz CT molecular complexity index is 1270. The average molecular weight is 487 g/mol. The smallest absolute Gasteiger partial charge is 0.387 e. The van der Waals surface area contributed by atoms with E-state index in [4.69, 9.17) is 4.42 Å². The molecule has 1 aliphatic rings.